The quantitative estimate of drug-likeness (QED) is 0.767. The maximum Gasteiger partial charge on any atom is 0.123 e. The first-order valence-electron chi connectivity index (χ1n) is 6.05. The number of hydrogen-bond acceptors (Lipinski definition) is 3. The van der Waals surface area contributed by atoms with Crippen LogP contribution in [0.5, 0.6) is 0 Å². The van der Waals surface area contributed by atoms with Gasteiger partial charge in [-0.25, -0.2) is 4.98 Å². The topological polar surface area (TPSA) is 16.1 Å². The average Bonchev–Trinajstić information content (AvgIpc) is 2.71. The average molecular weight is 244 g/mol. The summed E-state index contributed by atoms with van der Waals surface area (Å²) in [5.74, 6) is 0. The molecule has 1 aliphatic rings. The summed E-state index contributed by atoms with van der Waals surface area (Å²) in [4.78, 5) is 8.67. The maximum absolute atomic E-state index is 4.81. The molecule has 88 valence electrons. The van der Waals surface area contributed by atoms with Crippen LogP contribution in [0.3, 0.4) is 0 Å². The van der Waals surface area contributed by atoms with E-state index < -0.39 is 0 Å². The number of nitrogens with zero attached hydrogens (tertiary/aromatic N) is 2. The lowest BCUT2D eigenvalue weighted by Gasteiger charge is -2.11. The fraction of sp³-hybridized carbons (Fsp3) is 0.357. The maximum atomic E-state index is 4.81. The molecule has 17 heavy (non-hydrogen) atoms. The lowest BCUT2D eigenvalue weighted by Crippen LogP contribution is -2.20. The summed E-state index contributed by atoms with van der Waals surface area (Å²) in [5, 5.41) is 1.18. The summed E-state index contributed by atoms with van der Waals surface area (Å²) < 4.78 is 0. The lowest BCUT2D eigenvalue weighted by atomic mass is 10.2. The Morgan fingerprint density at radius 2 is 1.88 bits per heavy atom. The van der Waals surface area contributed by atoms with Gasteiger partial charge in [0.25, 0.3) is 0 Å². The van der Waals surface area contributed by atoms with E-state index in [4.69, 9.17) is 4.98 Å². The number of rotatable bonds is 1. The molecule has 0 unspecified atom stereocenters. The van der Waals surface area contributed by atoms with Gasteiger partial charge in [0.05, 0.1) is 5.69 Å². The van der Waals surface area contributed by atoms with Crippen molar-refractivity contribution in [2.75, 3.05) is 20.1 Å². The Balaban J connectivity index is 1.93. The third kappa shape index (κ3) is 2.26. The highest BCUT2D eigenvalue weighted by Gasteiger charge is 2.16. The van der Waals surface area contributed by atoms with E-state index in [1.807, 2.05) is 11.3 Å². The minimum Gasteiger partial charge on any atom is -0.306 e. The SMILES string of the molecule is CN1CCc2nc(-c3ccccc3)sc2CC1. The normalized spacial score (nSPS) is 16.5. The van der Waals surface area contributed by atoms with Gasteiger partial charge in [0, 0.05) is 30.0 Å². The zero-order chi connectivity index (χ0) is 11.7. The molecule has 0 saturated carbocycles. The molecular formula is C14H16N2S. The Kier molecular flexibility index (Phi) is 2.95. The van der Waals surface area contributed by atoms with E-state index in [-0.39, 0.29) is 0 Å². The lowest BCUT2D eigenvalue weighted by molar-refractivity contribution is 0.352. The monoisotopic (exact) mass is 244 g/mol. The van der Waals surface area contributed by atoms with Gasteiger partial charge in [-0.3, -0.25) is 0 Å². The molecule has 3 rings (SSSR count). The molecule has 0 atom stereocenters. The van der Waals surface area contributed by atoms with Crippen molar-refractivity contribution in [1.82, 2.24) is 9.88 Å². The number of hydrogen-bond donors (Lipinski definition) is 0. The molecule has 0 fully saturated rings. The summed E-state index contributed by atoms with van der Waals surface area (Å²) >= 11 is 1.87. The number of aromatic nitrogens is 1. The van der Waals surface area contributed by atoms with E-state index in [2.05, 4.69) is 42.3 Å². The Morgan fingerprint density at radius 1 is 1.12 bits per heavy atom. The predicted molar refractivity (Wildman–Crippen MR) is 72.5 cm³/mol. The van der Waals surface area contributed by atoms with Crippen molar-refractivity contribution in [3.63, 3.8) is 0 Å². The molecule has 0 spiro atoms. The molecule has 0 aliphatic carbocycles. The van der Waals surface area contributed by atoms with Gasteiger partial charge in [0.1, 0.15) is 5.01 Å². The summed E-state index contributed by atoms with van der Waals surface area (Å²) in [7, 11) is 2.19. The zero-order valence-corrected chi connectivity index (χ0v) is 10.8. The molecule has 1 aromatic carbocycles. The summed E-state index contributed by atoms with van der Waals surface area (Å²) in [6, 6.07) is 10.5. The number of benzene rings is 1. The van der Waals surface area contributed by atoms with Crippen LogP contribution in [-0.4, -0.2) is 30.0 Å². The van der Waals surface area contributed by atoms with Crippen LogP contribution in [0.2, 0.25) is 0 Å². The molecule has 2 nitrogen and oxygen atoms in total. The molecule has 0 saturated heterocycles. The fourth-order valence-corrected chi connectivity index (χ4v) is 3.28. The molecule has 2 aromatic rings. The summed E-state index contributed by atoms with van der Waals surface area (Å²) in [6.45, 7) is 2.29. The van der Waals surface area contributed by atoms with Crippen LogP contribution in [0.25, 0.3) is 10.6 Å². The second-order valence-corrected chi connectivity index (χ2v) is 5.64. The molecule has 3 heteroatoms. The highest BCUT2D eigenvalue weighted by molar-refractivity contribution is 7.15. The van der Waals surface area contributed by atoms with E-state index in [9.17, 15) is 0 Å². The third-order valence-corrected chi connectivity index (χ3v) is 4.46. The number of likely N-dealkylation sites (N-methyl/N-ethyl adjacent to an activating group) is 1. The van der Waals surface area contributed by atoms with Crippen LogP contribution >= 0.6 is 11.3 Å². The highest BCUT2D eigenvalue weighted by atomic mass is 32.1. The number of fused-ring (bicyclic) bond motifs is 1. The zero-order valence-electron chi connectivity index (χ0n) is 10.0. The van der Waals surface area contributed by atoms with Crippen LogP contribution in [0.4, 0.5) is 0 Å². The molecular weight excluding hydrogens is 228 g/mol. The Hall–Kier alpha value is -1.19. The molecule has 0 amide bonds. The smallest absolute Gasteiger partial charge is 0.123 e. The van der Waals surface area contributed by atoms with Crippen LogP contribution in [0.1, 0.15) is 10.6 Å². The molecule has 0 bridgehead atoms. The molecule has 0 N–H and O–H groups in total. The Bertz CT molecular complexity index is 479. The van der Waals surface area contributed by atoms with Crippen molar-refractivity contribution in [1.29, 1.82) is 0 Å². The van der Waals surface area contributed by atoms with Gasteiger partial charge in [-0.2, -0.15) is 0 Å². The second kappa shape index (κ2) is 4.59. The predicted octanol–water partition coefficient (Wildman–Crippen LogP) is 2.84. The van der Waals surface area contributed by atoms with E-state index in [1.54, 1.807) is 0 Å². The van der Waals surface area contributed by atoms with Gasteiger partial charge in [-0.05, 0) is 13.5 Å². The second-order valence-electron chi connectivity index (χ2n) is 4.56. The fourth-order valence-electron chi connectivity index (χ4n) is 2.18. The minimum absolute atomic E-state index is 1.09. The van der Waals surface area contributed by atoms with Crippen LogP contribution in [0, 0.1) is 0 Å². The van der Waals surface area contributed by atoms with E-state index in [0.29, 0.717) is 0 Å². The van der Waals surface area contributed by atoms with Crippen molar-refractivity contribution in [3.05, 3.63) is 40.9 Å². The molecule has 1 aliphatic heterocycles. The first-order valence-corrected chi connectivity index (χ1v) is 6.87. The van der Waals surface area contributed by atoms with E-state index in [0.717, 1.165) is 25.9 Å². The van der Waals surface area contributed by atoms with Gasteiger partial charge < -0.3 is 4.90 Å². The van der Waals surface area contributed by atoms with E-state index >= 15 is 0 Å². The molecule has 2 heterocycles. The Morgan fingerprint density at radius 3 is 2.71 bits per heavy atom. The van der Waals surface area contributed by atoms with Crippen LogP contribution < -0.4 is 0 Å². The summed E-state index contributed by atoms with van der Waals surface area (Å²) in [5.41, 5.74) is 2.57. The van der Waals surface area contributed by atoms with Gasteiger partial charge in [0.2, 0.25) is 0 Å². The molecule has 0 radical (unpaired) electrons. The standard InChI is InChI=1S/C14H16N2S/c1-16-9-7-12-13(8-10-16)17-14(15-12)11-5-3-2-4-6-11/h2-6H,7-10H2,1H3. The molecule has 1 aromatic heterocycles. The van der Waals surface area contributed by atoms with Crippen LogP contribution in [0.15, 0.2) is 30.3 Å². The van der Waals surface area contributed by atoms with Crippen molar-refractivity contribution in [3.8, 4) is 10.6 Å². The van der Waals surface area contributed by atoms with Gasteiger partial charge >= 0.3 is 0 Å². The van der Waals surface area contributed by atoms with Gasteiger partial charge in [-0.1, -0.05) is 30.3 Å². The highest BCUT2D eigenvalue weighted by Crippen LogP contribution is 2.29. The van der Waals surface area contributed by atoms with E-state index in [1.165, 1.54) is 21.1 Å². The van der Waals surface area contributed by atoms with Crippen molar-refractivity contribution in [2.45, 2.75) is 12.8 Å². The first kappa shape index (κ1) is 10.9. The van der Waals surface area contributed by atoms with Crippen LogP contribution in [-0.2, 0) is 12.8 Å². The van der Waals surface area contributed by atoms with Crippen molar-refractivity contribution in [2.24, 2.45) is 0 Å². The Labute approximate surface area is 106 Å². The minimum atomic E-state index is 1.09. The van der Waals surface area contributed by atoms with Crippen molar-refractivity contribution < 1.29 is 0 Å². The van der Waals surface area contributed by atoms with Gasteiger partial charge in [-0.15, -0.1) is 11.3 Å². The summed E-state index contributed by atoms with van der Waals surface area (Å²) in [6.07, 6.45) is 2.24. The third-order valence-electron chi connectivity index (χ3n) is 3.25. The van der Waals surface area contributed by atoms with Crippen molar-refractivity contribution >= 4 is 11.3 Å². The number of thiazole rings is 1. The first-order chi connectivity index (χ1) is 8.33. The largest absolute Gasteiger partial charge is 0.306 e. The van der Waals surface area contributed by atoms with Gasteiger partial charge in [0.15, 0.2) is 0 Å².